The smallest absolute Gasteiger partial charge is 0.270 e. The maximum absolute atomic E-state index is 13.0. The van der Waals surface area contributed by atoms with Crippen LogP contribution in [-0.4, -0.2) is 37.1 Å². The van der Waals surface area contributed by atoms with E-state index in [0.717, 1.165) is 27.5 Å². The first kappa shape index (κ1) is 21.4. The van der Waals surface area contributed by atoms with Crippen molar-refractivity contribution < 1.29 is 14.7 Å². The van der Waals surface area contributed by atoms with E-state index in [1.165, 1.54) is 0 Å². The van der Waals surface area contributed by atoms with Crippen molar-refractivity contribution >= 4 is 39.3 Å². The Hall–Kier alpha value is -4.92. The largest absolute Gasteiger partial charge is 0.492 e. The number of carbonyl (C=O) groups excluding carboxylic acids is 2. The summed E-state index contributed by atoms with van der Waals surface area (Å²) in [6.45, 7) is 0.140. The molecular formula is C28H20N6O3. The van der Waals surface area contributed by atoms with E-state index in [9.17, 15) is 14.7 Å². The Morgan fingerprint density at radius 1 is 1.00 bits per heavy atom. The zero-order valence-electron chi connectivity index (χ0n) is 19.5. The summed E-state index contributed by atoms with van der Waals surface area (Å²) in [5, 5.41) is 25.8. The second kappa shape index (κ2) is 7.79. The molecule has 0 saturated carbocycles. The van der Waals surface area contributed by atoms with Crippen molar-refractivity contribution in [2.75, 3.05) is 5.32 Å². The molecular weight excluding hydrogens is 468 g/mol. The average Bonchev–Trinajstić information content (AvgIpc) is 3.43. The predicted octanol–water partition coefficient (Wildman–Crippen LogP) is 3.20. The van der Waals surface area contributed by atoms with Gasteiger partial charge in [-0.25, -0.2) is 9.97 Å². The van der Waals surface area contributed by atoms with Gasteiger partial charge in [-0.2, -0.15) is 0 Å². The molecule has 7 rings (SSSR count). The van der Waals surface area contributed by atoms with Gasteiger partial charge in [-0.1, -0.05) is 30.3 Å². The lowest BCUT2D eigenvalue weighted by molar-refractivity contribution is -0.120. The fraction of sp³-hybridized carbons (Fsp3) is 0.143. The number of hydrogen-bond acceptors (Lipinski definition) is 7. The SMILES string of the molecule is O=C(NCc1nnc(O)c2ccccc12)c1ccc2cc3c(cc2n1)CC1(C3)C(=O)Nc2ncccc21. The van der Waals surface area contributed by atoms with Gasteiger partial charge >= 0.3 is 0 Å². The minimum Gasteiger partial charge on any atom is -0.492 e. The highest BCUT2D eigenvalue weighted by Gasteiger charge is 2.51. The minimum absolute atomic E-state index is 0.0284. The number of pyridine rings is 2. The monoisotopic (exact) mass is 488 g/mol. The van der Waals surface area contributed by atoms with Gasteiger partial charge in [0, 0.05) is 27.9 Å². The first-order valence-electron chi connectivity index (χ1n) is 11.9. The molecule has 3 N–H and O–H groups in total. The number of rotatable bonds is 3. The maximum Gasteiger partial charge on any atom is 0.270 e. The Morgan fingerprint density at radius 3 is 2.68 bits per heavy atom. The van der Waals surface area contributed by atoms with Crippen LogP contribution in [0.5, 0.6) is 5.88 Å². The highest BCUT2D eigenvalue weighted by atomic mass is 16.3. The summed E-state index contributed by atoms with van der Waals surface area (Å²) >= 11 is 0. The Kier molecular flexibility index (Phi) is 4.50. The summed E-state index contributed by atoms with van der Waals surface area (Å²) in [5.41, 5.74) is 3.96. The first-order chi connectivity index (χ1) is 18.0. The van der Waals surface area contributed by atoms with Gasteiger partial charge < -0.3 is 15.7 Å². The normalized spacial score (nSPS) is 17.7. The fourth-order valence-corrected chi connectivity index (χ4v) is 5.55. The molecule has 0 fully saturated rings. The zero-order chi connectivity index (χ0) is 25.1. The van der Waals surface area contributed by atoms with E-state index in [2.05, 4.69) is 36.9 Å². The molecule has 0 saturated heterocycles. The molecule has 1 unspecified atom stereocenters. The molecule has 1 aliphatic heterocycles. The van der Waals surface area contributed by atoms with Crippen molar-refractivity contribution in [3.8, 4) is 5.88 Å². The highest BCUT2D eigenvalue weighted by molar-refractivity contribution is 6.06. The molecule has 0 bridgehead atoms. The number of aromatic hydroxyl groups is 1. The standard InChI is InChI=1S/C28H20N6O3/c35-25-19-5-2-1-4-18(19)23(33-34-25)14-30-26(36)21-8-7-15-10-16-12-28(13-17(16)11-22(15)31-21)20-6-3-9-29-24(20)32-27(28)37/h1-11H,12-14H2,(H,30,36)(H,34,35)(H,29,32,37). The van der Waals surface area contributed by atoms with E-state index in [1.807, 2.05) is 36.4 Å². The summed E-state index contributed by atoms with van der Waals surface area (Å²) in [7, 11) is 0. The average molecular weight is 489 g/mol. The van der Waals surface area contributed by atoms with Gasteiger partial charge in [-0.05, 0) is 54.3 Å². The number of carbonyl (C=O) groups is 2. The fourth-order valence-electron chi connectivity index (χ4n) is 5.55. The van der Waals surface area contributed by atoms with Crippen LogP contribution in [-0.2, 0) is 29.6 Å². The molecule has 5 aromatic rings. The van der Waals surface area contributed by atoms with Gasteiger partial charge in [0.1, 0.15) is 11.5 Å². The van der Waals surface area contributed by atoms with Crippen LogP contribution < -0.4 is 10.6 Å². The number of hydrogen-bond donors (Lipinski definition) is 3. The number of amides is 2. The van der Waals surface area contributed by atoms with Gasteiger partial charge in [-0.3, -0.25) is 9.59 Å². The Bertz CT molecular complexity index is 1790. The van der Waals surface area contributed by atoms with Crippen molar-refractivity contribution in [3.05, 3.63) is 94.9 Å². The molecule has 1 aliphatic carbocycles. The molecule has 37 heavy (non-hydrogen) atoms. The third-order valence-electron chi connectivity index (χ3n) is 7.38. The molecule has 9 nitrogen and oxygen atoms in total. The van der Waals surface area contributed by atoms with Crippen LogP contribution in [0, 0.1) is 0 Å². The molecule has 9 heteroatoms. The van der Waals surface area contributed by atoms with Crippen LogP contribution in [0.1, 0.15) is 32.9 Å². The highest BCUT2D eigenvalue weighted by Crippen LogP contribution is 2.47. The molecule has 1 atom stereocenters. The van der Waals surface area contributed by atoms with E-state index in [1.54, 1.807) is 24.4 Å². The van der Waals surface area contributed by atoms with E-state index in [4.69, 9.17) is 0 Å². The second-order valence-corrected chi connectivity index (χ2v) is 9.50. The topological polar surface area (TPSA) is 130 Å². The third kappa shape index (κ3) is 3.24. The minimum atomic E-state index is -0.655. The van der Waals surface area contributed by atoms with Crippen LogP contribution in [0.4, 0.5) is 5.82 Å². The van der Waals surface area contributed by atoms with Crippen LogP contribution in [0.2, 0.25) is 0 Å². The molecule has 4 heterocycles. The van der Waals surface area contributed by atoms with Gasteiger partial charge in [-0.15, -0.1) is 10.2 Å². The molecule has 180 valence electrons. The van der Waals surface area contributed by atoms with Crippen molar-refractivity contribution in [1.29, 1.82) is 0 Å². The van der Waals surface area contributed by atoms with Crippen molar-refractivity contribution in [2.24, 2.45) is 0 Å². The van der Waals surface area contributed by atoms with Gasteiger partial charge in [0.15, 0.2) is 0 Å². The third-order valence-corrected chi connectivity index (χ3v) is 7.38. The maximum atomic E-state index is 13.0. The summed E-state index contributed by atoms with van der Waals surface area (Å²) in [6, 6.07) is 18.7. The number of nitrogens with zero attached hydrogens (tertiary/aromatic N) is 4. The number of fused-ring (bicyclic) bond motifs is 5. The number of aromatic nitrogens is 4. The van der Waals surface area contributed by atoms with Crippen LogP contribution >= 0.6 is 0 Å². The van der Waals surface area contributed by atoms with E-state index in [0.29, 0.717) is 35.3 Å². The lowest BCUT2D eigenvalue weighted by atomic mass is 9.79. The van der Waals surface area contributed by atoms with Gasteiger partial charge in [0.2, 0.25) is 11.8 Å². The number of anilines is 1. The Labute approximate surface area is 210 Å². The van der Waals surface area contributed by atoms with Crippen molar-refractivity contribution in [2.45, 2.75) is 24.8 Å². The lowest BCUT2D eigenvalue weighted by Gasteiger charge is -2.20. The molecule has 2 aromatic carbocycles. The summed E-state index contributed by atoms with van der Waals surface area (Å²) < 4.78 is 0. The predicted molar refractivity (Wildman–Crippen MR) is 136 cm³/mol. The second-order valence-electron chi connectivity index (χ2n) is 9.50. The Morgan fingerprint density at radius 2 is 1.81 bits per heavy atom. The van der Waals surface area contributed by atoms with E-state index >= 15 is 0 Å². The number of benzene rings is 2. The molecule has 0 radical (unpaired) electrons. The number of nitrogens with one attached hydrogen (secondary N) is 2. The summed E-state index contributed by atoms with van der Waals surface area (Å²) in [4.78, 5) is 34.9. The van der Waals surface area contributed by atoms with Gasteiger partial charge in [0.25, 0.3) is 5.91 Å². The van der Waals surface area contributed by atoms with Crippen LogP contribution in [0.3, 0.4) is 0 Å². The molecule has 2 amide bonds. The van der Waals surface area contributed by atoms with Gasteiger partial charge in [0.05, 0.1) is 23.2 Å². The van der Waals surface area contributed by atoms with Crippen molar-refractivity contribution in [3.63, 3.8) is 0 Å². The quantitative estimate of drug-likeness (QED) is 0.356. The Balaban J connectivity index is 1.16. The lowest BCUT2D eigenvalue weighted by Crippen LogP contribution is -2.35. The molecule has 1 spiro atoms. The van der Waals surface area contributed by atoms with Crippen molar-refractivity contribution in [1.82, 2.24) is 25.5 Å². The summed E-state index contributed by atoms with van der Waals surface area (Å²) in [5.74, 6) is 0.117. The summed E-state index contributed by atoms with van der Waals surface area (Å²) in [6.07, 6.45) is 2.85. The van der Waals surface area contributed by atoms with E-state index in [-0.39, 0.29) is 29.9 Å². The first-order valence-corrected chi connectivity index (χ1v) is 11.9. The zero-order valence-corrected chi connectivity index (χ0v) is 19.5. The molecule has 2 aliphatic rings. The van der Waals surface area contributed by atoms with Crippen LogP contribution in [0.25, 0.3) is 21.7 Å². The molecule has 3 aromatic heterocycles. The van der Waals surface area contributed by atoms with Crippen LogP contribution in [0.15, 0.2) is 66.9 Å². The van der Waals surface area contributed by atoms with E-state index < -0.39 is 5.41 Å².